The van der Waals surface area contributed by atoms with Crippen molar-refractivity contribution in [2.75, 3.05) is 10.6 Å². The standard InChI is InChI=1S/C21H24Cl2N2O2S/c1-3-5-9-20(26)24-16-7-6-8-18(13-16)28-19(4-2)21(27)25-17-11-14(22)10-15(23)12-17/h6-8,10-13,19H,3-5,9H2,1-2H3,(H,24,26)(H,25,27). The van der Waals surface area contributed by atoms with Crippen molar-refractivity contribution in [1.82, 2.24) is 0 Å². The van der Waals surface area contributed by atoms with Crippen LogP contribution in [0.4, 0.5) is 11.4 Å². The van der Waals surface area contributed by atoms with Crippen molar-refractivity contribution in [1.29, 1.82) is 0 Å². The number of anilines is 2. The molecule has 0 aliphatic rings. The van der Waals surface area contributed by atoms with Gasteiger partial charge in [0.25, 0.3) is 0 Å². The zero-order chi connectivity index (χ0) is 20.5. The highest BCUT2D eigenvalue weighted by Gasteiger charge is 2.19. The summed E-state index contributed by atoms with van der Waals surface area (Å²) in [5.41, 5.74) is 1.31. The van der Waals surface area contributed by atoms with Gasteiger partial charge in [0.05, 0.1) is 5.25 Å². The van der Waals surface area contributed by atoms with Crippen LogP contribution in [0.15, 0.2) is 47.4 Å². The summed E-state index contributed by atoms with van der Waals surface area (Å²) in [6.45, 7) is 4.01. The molecule has 0 fully saturated rings. The van der Waals surface area contributed by atoms with Crippen molar-refractivity contribution in [3.63, 3.8) is 0 Å². The summed E-state index contributed by atoms with van der Waals surface area (Å²) in [5, 5.41) is 6.42. The molecule has 0 saturated carbocycles. The number of hydrogen-bond acceptors (Lipinski definition) is 3. The van der Waals surface area contributed by atoms with E-state index >= 15 is 0 Å². The second-order valence-corrected chi connectivity index (χ2v) is 8.49. The Morgan fingerprint density at radius 3 is 2.36 bits per heavy atom. The van der Waals surface area contributed by atoms with Crippen molar-refractivity contribution < 1.29 is 9.59 Å². The lowest BCUT2D eigenvalue weighted by Gasteiger charge is -2.16. The maximum atomic E-state index is 12.7. The second-order valence-electron chi connectivity index (χ2n) is 6.34. The third kappa shape index (κ3) is 7.38. The van der Waals surface area contributed by atoms with Gasteiger partial charge in [0.1, 0.15) is 0 Å². The van der Waals surface area contributed by atoms with Gasteiger partial charge in [0, 0.05) is 32.7 Å². The normalized spacial score (nSPS) is 11.7. The van der Waals surface area contributed by atoms with Crippen LogP contribution in [0.3, 0.4) is 0 Å². The van der Waals surface area contributed by atoms with Gasteiger partial charge in [-0.05, 0) is 49.2 Å². The van der Waals surface area contributed by atoms with Gasteiger partial charge < -0.3 is 10.6 Å². The number of halogens is 2. The largest absolute Gasteiger partial charge is 0.326 e. The molecule has 7 heteroatoms. The van der Waals surface area contributed by atoms with E-state index in [2.05, 4.69) is 17.6 Å². The molecular formula is C21H24Cl2N2O2S. The maximum Gasteiger partial charge on any atom is 0.237 e. The van der Waals surface area contributed by atoms with E-state index in [0.29, 0.717) is 28.6 Å². The van der Waals surface area contributed by atoms with E-state index in [1.165, 1.54) is 11.8 Å². The van der Waals surface area contributed by atoms with Crippen LogP contribution in [0.25, 0.3) is 0 Å². The minimum Gasteiger partial charge on any atom is -0.326 e. The van der Waals surface area contributed by atoms with E-state index in [-0.39, 0.29) is 17.1 Å². The quantitative estimate of drug-likeness (QED) is 0.431. The number of amides is 2. The summed E-state index contributed by atoms with van der Waals surface area (Å²) < 4.78 is 0. The van der Waals surface area contributed by atoms with Crippen LogP contribution < -0.4 is 10.6 Å². The van der Waals surface area contributed by atoms with Gasteiger partial charge in [0.15, 0.2) is 0 Å². The van der Waals surface area contributed by atoms with Crippen molar-refractivity contribution in [2.24, 2.45) is 0 Å². The summed E-state index contributed by atoms with van der Waals surface area (Å²) in [6.07, 6.45) is 3.01. The van der Waals surface area contributed by atoms with Gasteiger partial charge in [-0.2, -0.15) is 0 Å². The summed E-state index contributed by atoms with van der Waals surface area (Å²) >= 11 is 13.4. The maximum absolute atomic E-state index is 12.7. The Balaban J connectivity index is 2.02. The fourth-order valence-electron chi connectivity index (χ4n) is 2.54. The van der Waals surface area contributed by atoms with Crippen LogP contribution in [0.1, 0.15) is 39.5 Å². The van der Waals surface area contributed by atoms with Gasteiger partial charge in [-0.15, -0.1) is 11.8 Å². The van der Waals surface area contributed by atoms with Crippen molar-refractivity contribution in [2.45, 2.75) is 49.7 Å². The minimum absolute atomic E-state index is 0.00613. The number of benzene rings is 2. The lowest BCUT2D eigenvalue weighted by atomic mass is 10.2. The highest BCUT2D eigenvalue weighted by Crippen LogP contribution is 2.29. The summed E-state index contributed by atoms with van der Waals surface area (Å²) in [6, 6.07) is 12.5. The van der Waals surface area contributed by atoms with Crippen molar-refractivity contribution in [3.05, 3.63) is 52.5 Å². The number of carbonyl (C=O) groups is 2. The first kappa shape index (κ1) is 22.6. The Hall–Kier alpha value is -1.69. The van der Waals surface area contributed by atoms with Gasteiger partial charge >= 0.3 is 0 Å². The zero-order valence-electron chi connectivity index (χ0n) is 15.9. The summed E-state index contributed by atoms with van der Waals surface area (Å²) in [7, 11) is 0. The van der Waals surface area contributed by atoms with Gasteiger partial charge in [0.2, 0.25) is 11.8 Å². The molecule has 0 heterocycles. The number of carbonyl (C=O) groups excluding carboxylic acids is 2. The van der Waals surface area contributed by atoms with Gasteiger partial charge in [-0.25, -0.2) is 0 Å². The SMILES string of the molecule is CCCCC(=O)Nc1cccc(SC(CC)C(=O)Nc2cc(Cl)cc(Cl)c2)c1. The van der Waals surface area contributed by atoms with Crippen LogP contribution in [0.2, 0.25) is 10.0 Å². The third-order valence-corrected chi connectivity index (χ3v) is 5.74. The number of thioether (sulfide) groups is 1. The molecule has 1 atom stereocenters. The first-order chi connectivity index (χ1) is 13.4. The average Bonchev–Trinajstić information content (AvgIpc) is 2.63. The van der Waals surface area contributed by atoms with E-state index in [1.807, 2.05) is 31.2 Å². The van der Waals surface area contributed by atoms with Crippen molar-refractivity contribution in [3.8, 4) is 0 Å². The molecule has 1 unspecified atom stereocenters. The Morgan fingerprint density at radius 2 is 1.71 bits per heavy atom. The molecule has 0 radical (unpaired) electrons. The molecule has 2 rings (SSSR count). The zero-order valence-corrected chi connectivity index (χ0v) is 18.3. The number of hydrogen-bond donors (Lipinski definition) is 2. The first-order valence-corrected chi connectivity index (χ1v) is 10.9. The topological polar surface area (TPSA) is 58.2 Å². The lowest BCUT2D eigenvalue weighted by molar-refractivity contribution is -0.116. The molecule has 2 N–H and O–H groups in total. The van der Waals surface area contributed by atoms with Crippen LogP contribution in [-0.2, 0) is 9.59 Å². The second kappa shape index (κ2) is 11.3. The number of unbranched alkanes of at least 4 members (excludes halogenated alkanes) is 1. The monoisotopic (exact) mass is 438 g/mol. The number of nitrogens with one attached hydrogen (secondary N) is 2. The predicted molar refractivity (Wildman–Crippen MR) is 120 cm³/mol. The Labute approximate surface area is 180 Å². The van der Waals surface area contributed by atoms with Crippen molar-refractivity contribution >= 4 is 58.2 Å². The molecule has 0 spiro atoms. The van der Waals surface area contributed by atoms with Gasteiger partial charge in [-0.3, -0.25) is 9.59 Å². The summed E-state index contributed by atoms with van der Waals surface area (Å²) in [5.74, 6) is -0.116. The fourth-order valence-corrected chi connectivity index (χ4v) is 4.08. The molecule has 2 aromatic rings. The molecule has 2 amide bonds. The van der Waals surface area contributed by atoms with Crippen LogP contribution in [0.5, 0.6) is 0 Å². The Bertz CT molecular complexity index is 810. The number of rotatable bonds is 9. The molecule has 2 aromatic carbocycles. The predicted octanol–water partition coefficient (Wildman–Crippen LogP) is 6.63. The fraction of sp³-hybridized carbons (Fsp3) is 0.333. The highest BCUT2D eigenvalue weighted by atomic mass is 35.5. The smallest absolute Gasteiger partial charge is 0.237 e. The van der Waals surface area contributed by atoms with Crippen LogP contribution in [0, 0.1) is 0 Å². The Kier molecular flexibility index (Phi) is 9.16. The molecule has 0 aliphatic heterocycles. The Morgan fingerprint density at radius 1 is 1.00 bits per heavy atom. The summed E-state index contributed by atoms with van der Waals surface area (Å²) in [4.78, 5) is 25.5. The minimum atomic E-state index is -0.288. The van der Waals surface area contributed by atoms with E-state index in [9.17, 15) is 9.59 Å². The lowest BCUT2D eigenvalue weighted by Crippen LogP contribution is -2.24. The highest BCUT2D eigenvalue weighted by molar-refractivity contribution is 8.00. The molecule has 150 valence electrons. The van der Waals surface area contributed by atoms with Crippen LogP contribution in [-0.4, -0.2) is 17.1 Å². The molecular weight excluding hydrogens is 415 g/mol. The average molecular weight is 439 g/mol. The van der Waals surface area contributed by atoms with E-state index < -0.39 is 0 Å². The molecule has 0 aromatic heterocycles. The molecule has 28 heavy (non-hydrogen) atoms. The molecule has 0 aliphatic carbocycles. The molecule has 0 bridgehead atoms. The third-order valence-electron chi connectivity index (χ3n) is 3.95. The first-order valence-electron chi connectivity index (χ1n) is 9.24. The van der Waals surface area contributed by atoms with E-state index in [4.69, 9.17) is 23.2 Å². The van der Waals surface area contributed by atoms with Gasteiger partial charge in [-0.1, -0.05) is 49.5 Å². The molecule has 0 saturated heterocycles. The van der Waals surface area contributed by atoms with Crippen LogP contribution >= 0.6 is 35.0 Å². The van der Waals surface area contributed by atoms with E-state index in [0.717, 1.165) is 23.4 Å². The van der Waals surface area contributed by atoms with E-state index in [1.54, 1.807) is 18.2 Å². The molecule has 4 nitrogen and oxygen atoms in total.